The van der Waals surface area contributed by atoms with Crippen molar-refractivity contribution in [3.63, 3.8) is 0 Å². The van der Waals surface area contributed by atoms with E-state index in [0.29, 0.717) is 12.2 Å². The summed E-state index contributed by atoms with van der Waals surface area (Å²) in [5, 5.41) is 1.70. The average molecular weight is 365 g/mol. The fraction of sp³-hybridized carbons (Fsp3) is 0.438. The molecule has 0 bridgehead atoms. The summed E-state index contributed by atoms with van der Waals surface area (Å²) in [7, 11) is -1.32. The van der Waals surface area contributed by atoms with Gasteiger partial charge in [0.05, 0.1) is 22.8 Å². The SMILES string of the molecule is Cc1nc(SCC(=O)N(C)[C@H]2CCS(=O)(=O)C2)c2ccccc2n1. The molecule has 24 heavy (non-hydrogen) atoms. The quantitative estimate of drug-likeness (QED) is 0.606. The summed E-state index contributed by atoms with van der Waals surface area (Å²) >= 11 is 1.37. The van der Waals surface area contributed by atoms with E-state index in [1.165, 1.54) is 11.8 Å². The molecule has 1 saturated heterocycles. The second kappa shape index (κ2) is 6.68. The van der Waals surface area contributed by atoms with Crippen molar-refractivity contribution in [1.29, 1.82) is 0 Å². The summed E-state index contributed by atoms with van der Waals surface area (Å²) in [6, 6.07) is 7.48. The lowest BCUT2D eigenvalue weighted by atomic mass is 10.2. The van der Waals surface area contributed by atoms with E-state index < -0.39 is 9.84 Å². The molecule has 0 unspecified atom stereocenters. The van der Waals surface area contributed by atoms with Crippen LogP contribution in [0.15, 0.2) is 29.3 Å². The number of aromatic nitrogens is 2. The zero-order valence-corrected chi connectivity index (χ0v) is 15.2. The van der Waals surface area contributed by atoms with Gasteiger partial charge in [0.1, 0.15) is 10.9 Å². The van der Waals surface area contributed by atoms with Gasteiger partial charge in [0, 0.05) is 18.5 Å². The highest BCUT2D eigenvalue weighted by Gasteiger charge is 2.32. The Balaban J connectivity index is 1.71. The maximum absolute atomic E-state index is 12.4. The third-order valence-electron chi connectivity index (χ3n) is 4.16. The van der Waals surface area contributed by atoms with Crippen LogP contribution in [0.25, 0.3) is 10.9 Å². The van der Waals surface area contributed by atoms with E-state index in [9.17, 15) is 13.2 Å². The number of fused-ring (bicyclic) bond motifs is 1. The molecule has 6 nitrogen and oxygen atoms in total. The summed E-state index contributed by atoms with van der Waals surface area (Å²) < 4.78 is 23.1. The van der Waals surface area contributed by atoms with Crippen molar-refractivity contribution in [3.05, 3.63) is 30.1 Å². The lowest BCUT2D eigenvalue weighted by molar-refractivity contribution is -0.128. The van der Waals surface area contributed by atoms with Crippen molar-refractivity contribution in [1.82, 2.24) is 14.9 Å². The highest BCUT2D eigenvalue weighted by atomic mass is 32.2. The van der Waals surface area contributed by atoms with Crippen molar-refractivity contribution in [2.45, 2.75) is 24.4 Å². The summed E-state index contributed by atoms with van der Waals surface area (Å²) in [5.41, 5.74) is 0.857. The predicted octanol–water partition coefficient (Wildman–Crippen LogP) is 1.68. The number of thioether (sulfide) groups is 1. The highest BCUT2D eigenvalue weighted by Crippen LogP contribution is 2.26. The second-order valence-corrected chi connectivity index (χ2v) is 9.14. The third-order valence-corrected chi connectivity index (χ3v) is 6.89. The van der Waals surface area contributed by atoms with E-state index in [2.05, 4.69) is 9.97 Å². The molecule has 2 heterocycles. The number of aryl methyl sites for hydroxylation is 1. The number of benzene rings is 1. The van der Waals surface area contributed by atoms with Crippen molar-refractivity contribution in [2.24, 2.45) is 0 Å². The van der Waals surface area contributed by atoms with E-state index in [1.54, 1.807) is 11.9 Å². The van der Waals surface area contributed by atoms with Gasteiger partial charge in [-0.05, 0) is 19.4 Å². The molecule has 1 fully saturated rings. The Morgan fingerprint density at radius 2 is 2.08 bits per heavy atom. The molecule has 0 N–H and O–H groups in total. The third kappa shape index (κ3) is 3.70. The van der Waals surface area contributed by atoms with Crippen LogP contribution in [0, 0.1) is 6.92 Å². The maximum atomic E-state index is 12.4. The predicted molar refractivity (Wildman–Crippen MR) is 94.8 cm³/mol. The van der Waals surface area contributed by atoms with Crippen LogP contribution in [0.2, 0.25) is 0 Å². The van der Waals surface area contributed by atoms with E-state index in [4.69, 9.17) is 0 Å². The molecule has 1 amide bonds. The number of para-hydroxylation sites is 1. The zero-order valence-electron chi connectivity index (χ0n) is 13.6. The van der Waals surface area contributed by atoms with Gasteiger partial charge in [-0.15, -0.1) is 0 Å². The summed E-state index contributed by atoms with van der Waals surface area (Å²) in [6.07, 6.45) is 0.519. The summed E-state index contributed by atoms with van der Waals surface area (Å²) in [6.45, 7) is 1.83. The van der Waals surface area contributed by atoms with Crippen LogP contribution in [0.5, 0.6) is 0 Å². The van der Waals surface area contributed by atoms with Gasteiger partial charge in [-0.3, -0.25) is 4.79 Å². The fourth-order valence-electron chi connectivity index (χ4n) is 2.78. The molecule has 1 aromatic heterocycles. The molecule has 128 valence electrons. The first-order chi connectivity index (χ1) is 11.4. The first-order valence-corrected chi connectivity index (χ1v) is 10.5. The molecule has 2 aromatic rings. The molecule has 1 aromatic carbocycles. The largest absolute Gasteiger partial charge is 0.341 e. The van der Waals surface area contributed by atoms with Crippen molar-refractivity contribution < 1.29 is 13.2 Å². The minimum absolute atomic E-state index is 0.0649. The number of rotatable bonds is 4. The lowest BCUT2D eigenvalue weighted by Gasteiger charge is -2.23. The van der Waals surface area contributed by atoms with Gasteiger partial charge in [-0.2, -0.15) is 0 Å². The molecule has 1 atom stereocenters. The minimum atomic E-state index is -3.00. The van der Waals surface area contributed by atoms with Gasteiger partial charge in [-0.1, -0.05) is 30.0 Å². The number of carbonyl (C=O) groups excluding carboxylic acids is 1. The maximum Gasteiger partial charge on any atom is 0.233 e. The lowest BCUT2D eigenvalue weighted by Crippen LogP contribution is -2.38. The van der Waals surface area contributed by atoms with Gasteiger partial charge >= 0.3 is 0 Å². The molecule has 1 aliphatic rings. The Kier molecular flexibility index (Phi) is 4.78. The Hall–Kier alpha value is -1.67. The smallest absolute Gasteiger partial charge is 0.233 e. The number of hydrogen-bond donors (Lipinski definition) is 0. The van der Waals surface area contributed by atoms with Crippen molar-refractivity contribution in [2.75, 3.05) is 24.3 Å². The number of amides is 1. The molecular formula is C16H19N3O3S2. The van der Waals surface area contributed by atoms with Crippen LogP contribution in [0.4, 0.5) is 0 Å². The molecule has 1 aliphatic heterocycles. The molecule has 0 radical (unpaired) electrons. The number of carbonyl (C=O) groups is 1. The molecule has 0 spiro atoms. The van der Waals surface area contributed by atoms with Crippen LogP contribution in [-0.4, -0.2) is 59.5 Å². The second-order valence-electron chi connectivity index (χ2n) is 5.94. The normalized spacial score (nSPS) is 19.5. The summed E-state index contributed by atoms with van der Waals surface area (Å²) in [4.78, 5) is 22.8. The van der Waals surface area contributed by atoms with E-state index in [-0.39, 0.29) is 29.2 Å². The molecule has 3 rings (SSSR count). The Morgan fingerprint density at radius 1 is 1.33 bits per heavy atom. The van der Waals surface area contributed by atoms with E-state index >= 15 is 0 Å². The van der Waals surface area contributed by atoms with Crippen LogP contribution in [0.1, 0.15) is 12.2 Å². The van der Waals surface area contributed by atoms with Crippen LogP contribution < -0.4 is 0 Å². The minimum Gasteiger partial charge on any atom is -0.341 e. The number of sulfone groups is 1. The van der Waals surface area contributed by atoms with Crippen molar-refractivity contribution in [3.8, 4) is 0 Å². The highest BCUT2D eigenvalue weighted by molar-refractivity contribution is 8.00. The van der Waals surface area contributed by atoms with Gasteiger partial charge in [-0.25, -0.2) is 18.4 Å². The Bertz CT molecular complexity index is 883. The van der Waals surface area contributed by atoms with Gasteiger partial charge in [0.2, 0.25) is 5.91 Å². The topological polar surface area (TPSA) is 80.2 Å². The van der Waals surface area contributed by atoms with Gasteiger partial charge < -0.3 is 4.90 Å². The molecule has 8 heteroatoms. The first kappa shape index (κ1) is 17.2. The zero-order chi connectivity index (χ0) is 17.3. The fourth-order valence-corrected chi connectivity index (χ4v) is 5.55. The Labute approximate surface area is 145 Å². The number of hydrogen-bond acceptors (Lipinski definition) is 6. The molecular weight excluding hydrogens is 346 g/mol. The first-order valence-electron chi connectivity index (χ1n) is 7.68. The summed E-state index contributed by atoms with van der Waals surface area (Å²) in [5.74, 6) is 1.04. The van der Waals surface area contributed by atoms with E-state index in [1.807, 2.05) is 31.2 Å². The van der Waals surface area contributed by atoms with Gasteiger partial charge in [0.25, 0.3) is 0 Å². The molecule has 0 saturated carbocycles. The standard InChI is InChI=1S/C16H19N3O3S2/c1-11-17-14-6-4-3-5-13(14)16(18-11)23-9-15(20)19(2)12-7-8-24(21,22)10-12/h3-6,12H,7-10H2,1-2H3/t12-/m0/s1. The van der Waals surface area contributed by atoms with Crippen LogP contribution in [0.3, 0.4) is 0 Å². The average Bonchev–Trinajstić information content (AvgIpc) is 2.91. The Morgan fingerprint density at radius 3 is 2.79 bits per heavy atom. The van der Waals surface area contributed by atoms with Crippen LogP contribution in [-0.2, 0) is 14.6 Å². The molecule has 0 aliphatic carbocycles. The van der Waals surface area contributed by atoms with Gasteiger partial charge in [0.15, 0.2) is 9.84 Å². The number of nitrogens with zero attached hydrogens (tertiary/aromatic N) is 3. The van der Waals surface area contributed by atoms with E-state index in [0.717, 1.165) is 15.9 Å². The van der Waals surface area contributed by atoms with Crippen LogP contribution >= 0.6 is 11.8 Å². The monoisotopic (exact) mass is 365 g/mol. The van der Waals surface area contributed by atoms with Crippen molar-refractivity contribution >= 4 is 38.4 Å².